The van der Waals surface area contributed by atoms with Gasteiger partial charge < -0.3 is 10.1 Å². The topological polar surface area (TPSA) is 58.6 Å². The minimum atomic E-state index is -4.14. The summed E-state index contributed by atoms with van der Waals surface area (Å²) in [6.07, 6.45) is 0. The first kappa shape index (κ1) is 18.0. The van der Waals surface area contributed by atoms with E-state index in [1.54, 1.807) is 14.0 Å². The lowest BCUT2D eigenvalue weighted by Gasteiger charge is -2.24. The van der Waals surface area contributed by atoms with E-state index < -0.39 is 32.6 Å². The number of ether oxygens (including phenoxy) is 1. The third kappa shape index (κ3) is 3.97. The minimum Gasteiger partial charge on any atom is -0.383 e. The molecule has 0 heterocycles. The quantitative estimate of drug-likeness (QED) is 0.823. The van der Waals surface area contributed by atoms with Crippen molar-refractivity contribution in [3.05, 3.63) is 29.3 Å². The van der Waals surface area contributed by atoms with Gasteiger partial charge in [0.1, 0.15) is 4.90 Å². The van der Waals surface area contributed by atoms with Crippen LogP contribution in [0.5, 0.6) is 0 Å². The summed E-state index contributed by atoms with van der Waals surface area (Å²) in [6, 6.07) is 1.61. The molecule has 1 unspecified atom stereocenters. The summed E-state index contributed by atoms with van der Waals surface area (Å²) in [5.41, 5.74) is 0.350. The number of nitrogens with one attached hydrogen (secondary N) is 1. The van der Waals surface area contributed by atoms with Crippen molar-refractivity contribution in [2.45, 2.75) is 24.4 Å². The van der Waals surface area contributed by atoms with Crippen molar-refractivity contribution in [2.75, 3.05) is 27.8 Å². The van der Waals surface area contributed by atoms with Gasteiger partial charge in [-0.1, -0.05) is 0 Å². The maximum Gasteiger partial charge on any atom is 0.246 e. The van der Waals surface area contributed by atoms with Crippen LogP contribution in [-0.2, 0) is 21.3 Å². The predicted molar refractivity (Wildman–Crippen MR) is 75.4 cm³/mol. The molecule has 1 rings (SSSR count). The van der Waals surface area contributed by atoms with Gasteiger partial charge in [-0.15, -0.1) is 0 Å². The smallest absolute Gasteiger partial charge is 0.246 e. The van der Waals surface area contributed by atoms with Gasteiger partial charge in [0.15, 0.2) is 11.6 Å². The predicted octanol–water partition coefficient (Wildman–Crippen LogP) is 1.34. The molecule has 0 saturated carbocycles. The van der Waals surface area contributed by atoms with Gasteiger partial charge in [-0.25, -0.2) is 17.2 Å². The van der Waals surface area contributed by atoms with Crippen LogP contribution < -0.4 is 5.32 Å². The van der Waals surface area contributed by atoms with E-state index in [1.165, 1.54) is 14.2 Å². The van der Waals surface area contributed by atoms with Gasteiger partial charge in [-0.3, -0.25) is 0 Å². The highest BCUT2D eigenvalue weighted by Gasteiger charge is 2.30. The minimum absolute atomic E-state index is 0.149. The number of halogens is 2. The number of hydrogen-bond donors (Lipinski definition) is 1. The molecule has 1 atom stereocenters. The number of methoxy groups -OCH3 is 1. The Hall–Kier alpha value is -1.09. The standard InChI is InChI=1S/C13H20F2N2O3S/c1-9(8-20-4)17(3)21(18,19)12-6-10(7-16-2)5-11(14)13(12)15/h5-6,9,16H,7-8H2,1-4H3. The molecule has 0 aliphatic heterocycles. The fraction of sp³-hybridized carbons (Fsp3) is 0.538. The first-order valence-electron chi connectivity index (χ1n) is 6.35. The summed E-state index contributed by atoms with van der Waals surface area (Å²) in [6.45, 7) is 2.00. The number of benzene rings is 1. The summed E-state index contributed by atoms with van der Waals surface area (Å²) in [7, 11) is 0.225. The molecule has 1 N–H and O–H groups in total. The molecular weight excluding hydrogens is 302 g/mol. The van der Waals surface area contributed by atoms with Gasteiger partial charge >= 0.3 is 0 Å². The summed E-state index contributed by atoms with van der Waals surface area (Å²) in [4.78, 5) is -0.668. The van der Waals surface area contributed by atoms with Crippen LogP contribution >= 0.6 is 0 Å². The lowest BCUT2D eigenvalue weighted by atomic mass is 10.2. The Morgan fingerprint density at radius 3 is 2.52 bits per heavy atom. The van der Waals surface area contributed by atoms with Crippen molar-refractivity contribution in [3.63, 3.8) is 0 Å². The molecule has 1 aromatic carbocycles. The van der Waals surface area contributed by atoms with Gasteiger partial charge in [-0.05, 0) is 31.7 Å². The first-order valence-corrected chi connectivity index (χ1v) is 7.79. The summed E-state index contributed by atoms with van der Waals surface area (Å²) in [5, 5.41) is 2.76. The van der Waals surface area contributed by atoms with E-state index in [1.807, 2.05) is 0 Å². The van der Waals surface area contributed by atoms with E-state index in [2.05, 4.69) is 5.32 Å². The highest BCUT2D eigenvalue weighted by molar-refractivity contribution is 7.89. The number of likely N-dealkylation sites (N-methyl/N-ethyl adjacent to an activating group) is 1. The maximum atomic E-state index is 13.9. The maximum absolute atomic E-state index is 13.9. The third-order valence-electron chi connectivity index (χ3n) is 3.12. The molecule has 21 heavy (non-hydrogen) atoms. The molecule has 0 aliphatic rings. The second kappa shape index (κ2) is 7.26. The van der Waals surface area contributed by atoms with Crippen molar-refractivity contribution in [1.82, 2.24) is 9.62 Å². The summed E-state index contributed by atoms with van der Waals surface area (Å²) in [5.74, 6) is -2.56. The zero-order valence-electron chi connectivity index (χ0n) is 12.5. The van der Waals surface area contributed by atoms with Crippen molar-refractivity contribution in [3.8, 4) is 0 Å². The fourth-order valence-corrected chi connectivity index (χ4v) is 3.32. The Kier molecular flexibility index (Phi) is 6.21. The molecule has 8 heteroatoms. The van der Waals surface area contributed by atoms with E-state index in [-0.39, 0.29) is 13.2 Å². The first-order chi connectivity index (χ1) is 9.75. The molecule has 0 spiro atoms. The highest BCUT2D eigenvalue weighted by Crippen LogP contribution is 2.24. The average molecular weight is 322 g/mol. The van der Waals surface area contributed by atoms with E-state index in [4.69, 9.17) is 4.74 Å². The van der Waals surface area contributed by atoms with Crippen molar-refractivity contribution < 1.29 is 21.9 Å². The molecule has 0 aliphatic carbocycles. The Balaban J connectivity index is 3.30. The van der Waals surface area contributed by atoms with Crippen molar-refractivity contribution in [1.29, 1.82) is 0 Å². The van der Waals surface area contributed by atoms with Crippen LogP contribution in [-0.4, -0.2) is 46.6 Å². The lowest BCUT2D eigenvalue weighted by molar-refractivity contribution is 0.149. The van der Waals surface area contributed by atoms with Crippen LogP contribution in [0.2, 0.25) is 0 Å². The van der Waals surface area contributed by atoms with Gasteiger partial charge in [0.2, 0.25) is 10.0 Å². The Morgan fingerprint density at radius 1 is 1.38 bits per heavy atom. The highest BCUT2D eigenvalue weighted by atomic mass is 32.2. The number of hydrogen-bond acceptors (Lipinski definition) is 4. The number of sulfonamides is 1. The Morgan fingerprint density at radius 2 is 2.00 bits per heavy atom. The summed E-state index contributed by atoms with van der Waals surface area (Å²) >= 11 is 0. The lowest BCUT2D eigenvalue weighted by Crippen LogP contribution is -2.38. The fourth-order valence-electron chi connectivity index (χ4n) is 1.85. The second-order valence-electron chi connectivity index (χ2n) is 4.75. The Bertz CT molecular complexity index is 593. The molecule has 0 bridgehead atoms. The molecule has 0 saturated heterocycles. The molecule has 0 fully saturated rings. The van der Waals surface area contributed by atoms with E-state index in [9.17, 15) is 17.2 Å². The van der Waals surface area contributed by atoms with Crippen LogP contribution in [0.15, 0.2) is 17.0 Å². The average Bonchev–Trinajstić information content (AvgIpc) is 2.42. The molecule has 0 aromatic heterocycles. The van der Waals surface area contributed by atoms with Crippen molar-refractivity contribution in [2.24, 2.45) is 0 Å². The molecule has 0 amide bonds. The molecular formula is C13H20F2N2O3S. The normalized spacial score (nSPS) is 13.7. The molecule has 120 valence electrons. The number of nitrogens with zero attached hydrogens (tertiary/aromatic N) is 1. The zero-order valence-corrected chi connectivity index (χ0v) is 13.3. The second-order valence-corrected chi connectivity index (χ2v) is 6.71. The SMILES string of the molecule is CNCc1cc(F)c(F)c(S(=O)(=O)N(C)C(C)COC)c1. The van der Waals surface area contributed by atoms with Crippen LogP contribution in [0.1, 0.15) is 12.5 Å². The third-order valence-corrected chi connectivity index (χ3v) is 5.09. The van der Waals surface area contributed by atoms with Crippen LogP contribution in [0.4, 0.5) is 8.78 Å². The van der Waals surface area contributed by atoms with Gasteiger partial charge in [0, 0.05) is 26.7 Å². The van der Waals surface area contributed by atoms with E-state index >= 15 is 0 Å². The van der Waals surface area contributed by atoms with E-state index in [0.29, 0.717) is 5.56 Å². The van der Waals surface area contributed by atoms with Crippen molar-refractivity contribution >= 4 is 10.0 Å². The van der Waals surface area contributed by atoms with Gasteiger partial charge in [-0.2, -0.15) is 4.31 Å². The van der Waals surface area contributed by atoms with Crippen LogP contribution in [0, 0.1) is 11.6 Å². The zero-order chi connectivity index (χ0) is 16.2. The number of rotatable bonds is 7. The molecule has 1 aromatic rings. The van der Waals surface area contributed by atoms with Crippen LogP contribution in [0.3, 0.4) is 0 Å². The van der Waals surface area contributed by atoms with Crippen LogP contribution in [0.25, 0.3) is 0 Å². The van der Waals surface area contributed by atoms with Gasteiger partial charge in [0.25, 0.3) is 0 Å². The Labute approximate surface area is 124 Å². The largest absolute Gasteiger partial charge is 0.383 e. The van der Waals surface area contributed by atoms with E-state index in [0.717, 1.165) is 16.4 Å². The van der Waals surface area contributed by atoms with Gasteiger partial charge in [0.05, 0.1) is 6.61 Å². The molecule has 5 nitrogen and oxygen atoms in total. The molecule has 0 radical (unpaired) electrons. The summed E-state index contributed by atoms with van der Waals surface area (Å²) < 4.78 is 58.2. The monoisotopic (exact) mass is 322 g/mol.